The predicted octanol–water partition coefficient (Wildman–Crippen LogP) is 1.10. The Hall–Kier alpha value is -2.59. The highest BCUT2D eigenvalue weighted by Crippen LogP contribution is 2.11. The first-order valence-electron chi connectivity index (χ1n) is 4.95. The van der Waals surface area contributed by atoms with E-state index in [1.807, 2.05) is 0 Å². The number of nitro benzene ring substituents is 1. The first-order chi connectivity index (χ1) is 8.41. The average molecular weight is 249 g/mol. The van der Waals surface area contributed by atoms with Crippen LogP contribution in [0.2, 0.25) is 0 Å². The summed E-state index contributed by atoms with van der Waals surface area (Å²) in [5.41, 5.74) is 5.35. The molecule has 0 fully saturated rings. The zero-order valence-electron chi connectivity index (χ0n) is 9.53. The number of urea groups is 1. The van der Waals surface area contributed by atoms with Crippen molar-refractivity contribution in [3.05, 3.63) is 39.9 Å². The summed E-state index contributed by atoms with van der Waals surface area (Å²) < 4.78 is 0. The van der Waals surface area contributed by atoms with Crippen molar-refractivity contribution in [2.45, 2.75) is 13.0 Å². The topological polar surface area (TPSA) is 110 Å². The fourth-order valence-corrected chi connectivity index (χ4v) is 1.11. The summed E-state index contributed by atoms with van der Waals surface area (Å²) >= 11 is 0. The Bertz CT molecular complexity index is 515. The van der Waals surface area contributed by atoms with Gasteiger partial charge in [0.15, 0.2) is 0 Å². The minimum absolute atomic E-state index is 0.0329. The van der Waals surface area contributed by atoms with Crippen molar-refractivity contribution in [3.63, 3.8) is 0 Å². The molecule has 0 heterocycles. The van der Waals surface area contributed by atoms with Gasteiger partial charge in [0.2, 0.25) is 0 Å². The summed E-state index contributed by atoms with van der Waals surface area (Å²) in [6.07, 6.45) is 0. The molecular weight excluding hydrogens is 238 g/mol. The molecule has 0 saturated carbocycles. The Morgan fingerprint density at radius 3 is 2.50 bits per heavy atom. The lowest BCUT2D eigenvalue weighted by Gasteiger charge is -2.14. The number of carbonyl (C=O) groups excluding carboxylic acids is 1. The van der Waals surface area contributed by atoms with Gasteiger partial charge in [-0.1, -0.05) is 11.8 Å². The highest BCUT2D eigenvalue weighted by atomic mass is 16.6. The van der Waals surface area contributed by atoms with Gasteiger partial charge in [0, 0.05) is 17.7 Å². The Labute approximate surface area is 103 Å². The number of non-ortho nitro benzene ring substituents is 1. The van der Waals surface area contributed by atoms with E-state index in [0.29, 0.717) is 10.6 Å². The van der Waals surface area contributed by atoms with E-state index in [2.05, 4.69) is 11.8 Å². The zero-order valence-corrected chi connectivity index (χ0v) is 9.53. The maximum atomic E-state index is 10.6. The molecule has 7 nitrogen and oxygen atoms in total. The van der Waals surface area contributed by atoms with Crippen molar-refractivity contribution >= 4 is 11.7 Å². The second kappa shape index (κ2) is 5.65. The van der Waals surface area contributed by atoms with Crippen LogP contribution in [0.3, 0.4) is 0 Å². The molecule has 0 aliphatic carbocycles. The standard InChI is InChI=1S/C11H11N3O4/c1-8(13(16)11(12)15)2-3-9-4-6-10(7-5-9)14(17)18/h4-8,16H,1H3,(H2,12,15). The second-order valence-corrected chi connectivity index (χ2v) is 3.43. The highest BCUT2D eigenvalue weighted by Gasteiger charge is 2.11. The molecule has 7 heteroatoms. The third-order valence-corrected chi connectivity index (χ3v) is 2.10. The van der Waals surface area contributed by atoms with E-state index in [1.165, 1.54) is 31.2 Å². The van der Waals surface area contributed by atoms with Crippen LogP contribution >= 0.6 is 0 Å². The lowest BCUT2D eigenvalue weighted by molar-refractivity contribution is -0.384. The Kier molecular flexibility index (Phi) is 4.23. The summed E-state index contributed by atoms with van der Waals surface area (Å²) in [6, 6.07) is 3.82. The fourth-order valence-electron chi connectivity index (χ4n) is 1.11. The molecule has 0 radical (unpaired) electrons. The van der Waals surface area contributed by atoms with Crippen LogP contribution in [0.25, 0.3) is 0 Å². The van der Waals surface area contributed by atoms with E-state index >= 15 is 0 Å². The van der Waals surface area contributed by atoms with E-state index in [4.69, 9.17) is 10.9 Å². The molecule has 0 aliphatic rings. The fraction of sp³-hybridized carbons (Fsp3) is 0.182. The monoisotopic (exact) mass is 249 g/mol. The summed E-state index contributed by atoms with van der Waals surface area (Å²) in [5, 5.41) is 19.9. The first kappa shape index (κ1) is 13.5. The van der Waals surface area contributed by atoms with Gasteiger partial charge in [0.1, 0.15) is 6.04 Å². The molecule has 0 bridgehead atoms. The molecule has 2 amide bonds. The van der Waals surface area contributed by atoms with E-state index in [-0.39, 0.29) is 5.69 Å². The highest BCUT2D eigenvalue weighted by molar-refractivity contribution is 5.71. The van der Waals surface area contributed by atoms with Crippen molar-refractivity contribution in [2.75, 3.05) is 0 Å². The largest absolute Gasteiger partial charge is 0.350 e. The molecule has 0 aromatic heterocycles. The number of carbonyl (C=O) groups is 1. The number of rotatable bonds is 2. The summed E-state index contributed by atoms with van der Waals surface area (Å²) in [6.45, 7) is 1.49. The van der Waals surface area contributed by atoms with Crippen LogP contribution < -0.4 is 5.73 Å². The Morgan fingerprint density at radius 2 is 2.06 bits per heavy atom. The summed E-state index contributed by atoms with van der Waals surface area (Å²) in [5.74, 6) is 5.25. The van der Waals surface area contributed by atoms with Crippen LogP contribution in [0.4, 0.5) is 10.5 Å². The maximum absolute atomic E-state index is 10.6. The molecule has 0 spiro atoms. The number of benzene rings is 1. The van der Waals surface area contributed by atoms with Crippen molar-refractivity contribution in [2.24, 2.45) is 5.73 Å². The number of primary amides is 1. The smallest absolute Gasteiger partial charge is 0.339 e. The summed E-state index contributed by atoms with van der Waals surface area (Å²) in [7, 11) is 0. The number of nitrogens with zero attached hydrogens (tertiary/aromatic N) is 2. The van der Waals surface area contributed by atoms with E-state index < -0.39 is 17.0 Å². The molecular formula is C11H11N3O4. The SMILES string of the molecule is CC(C#Cc1ccc([N+](=O)[O-])cc1)N(O)C(N)=O. The van der Waals surface area contributed by atoms with Gasteiger partial charge in [-0.25, -0.2) is 4.79 Å². The second-order valence-electron chi connectivity index (χ2n) is 3.43. The van der Waals surface area contributed by atoms with Crippen molar-refractivity contribution < 1.29 is 14.9 Å². The van der Waals surface area contributed by atoms with Gasteiger partial charge in [0.05, 0.1) is 4.92 Å². The van der Waals surface area contributed by atoms with Crippen molar-refractivity contribution in [1.82, 2.24) is 5.06 Å². The van der Waals surface area contributed by atoms with Crippen LogP contribution in [-0.2, 0) is 0 Å². The average Bonchev–Trinajstić information content (AvgIpc) is 2.35. The molecule has 94 valence electrons. The molecule has 1 aromatic rings. The third-order valence-electron chi connectivity index (χ3n) is 2.10. The van der Waals surface area contributed by atoms with Crippen LogP contribution in [0, 0.1) is 22.0 Å². The van der Waals surface area contributed by atoms with E-state index in [0.717, 1.165) is 0 Å². The van der Waals surface area contributed by atoms with Crippen molar-refractivity contribution in [3.8, 4) is 11.8 Å². The Morgan fingerprint density at radius 1 is 1.50 bits per heavy atom. The van der Waals surface area contributed by atoms with E-state index in [1.54, 1.807) is 0 Å². The normalized spacial score (nSPS) is 11.0. The molecule has 1 rings (SSSR count). The lowest BCUT2D eigenvalue weighted by Crippen LogP contribution is -2.38. The summed E-state index contributed by atoms with van der Waals surface area (Å²) in [4.78, 5) is 20.5. The van der Waals surface area contributed by atoms with Gasteiger partial charge in [-0.2, -0.15) is 5.06 Å². The van der Waals surface area contributed by atoms with Crippen LogP contribution in [-0.4, -0.2) is 27.3 Å². The third kappa shape index (κ3) is 3.47. The number of hydrogen-bond acceptors (Lipinski definition) is 4. The predicted molar refractivity (Wildman–Crippen MR) is 62.6 cm³/mol. The van der Waals surface area contributed by atoms with Crippen LogP contribution in [0.1, 0.15) is 12.5 Å². The molecule has 18 heavy (non-hydrogen) atoms. The number of hydrogen-bond donors (Lipinski definition) is 2. The molecule has 1 unspecified atom stereocenters. The number of nitrogens with two attached hydrogens (primary N) is 1. The number of nitro groups is 1. The zero-order chi connectivity index (χ0) is 13.7. The van der Waals surface area contributed by atoms with Gasteiger partial charge >= 0.3 is 6.03 Å². The maximum Gasteiger partial charge on any atom is 0.339 e. The Balaban J connectivity index is 2.80. The van der Waals surface area contributed by atoms with Crippen LogP contribution in [0.5, 0.6) is 0 Å². The number of amides is 2. The van der Waals surface area contributed by atoms with Gasteiger partial charge in [-0.05, 0) is 19.1 Å². The van der Waals surface area contributed by atoms with Gasteiger partial charge in [-0.3, -0.25) is 15.3 Å². The van der Waals surface area contributed by atoms with E-state index in [9.17, 15) is 14.9 Å². The molecule has 0 saturated heterocycles. The first-order valence-corrected chi connectivity index (χ1v) is 4.95. The minimum Gasteiger partial charge on any atom is -0.350 e. The minimum atomic E-state index is -1.000. The van der Waals surface area contributed by atoms with Gasteiger partial charge < -0.3 is 5.73 Å². The molecule has 1 aromatic carbocycles. The quantitative estimate of drug-likeness (QED) is 0.354. The lowest BCUT2D eigenvalue weighted by atomic mass is 10.2. The number of hydroxylamine groups is 2. The van der Waals surface area contributed by atoms with Crippen molar-refractivity contribution in [1.29, 1.82) is 0 Å². The van der Waals surface area contributed by atoms with Gasteiger partial charge in [0.25, 0.3) is 5.69 Å². The molecule has 3 N–H and O–H groups in total. The van der Waals surface area contributed by atoms with Gasteiger partial charge in [-0.15, -0.1) is 0 Å². The molecule has 1 atom stereocenters. The van der Waals surface area contributed by atoms with Crippen LogP contribution in [0.15, 0.2) is 24.3 Å². The molecule has 0 aliphatic heterocycles.